The molecule has 2 N–H and O–H groups in total. The molecule has 2 aromatic heterocycles. The average Bonchev–Trinajstić information content (AvgIpc) is 3.40. The highest BCUT2D eigenvalue weighted by atomic mass is 19.3. The van der Waals surface area contributed by atoms with Gasteiger partial charge in [0.25, 0.3) is 6.43 Å². The number of nitrogens with zero attached hydrogens (tertiary/aromatic N) is 3. The molecule has 0 aliphatic heterocycles. The number of fused-ring (bicyclic) bond motifs is 1. The first-order chi connectivity index (χ1) is 14.5. The lowest BCUT2D eigenvalue weighted by Gasteiger charge is -2.13. The maximum atomic E-state index is 14.5. The number of anilines is 1. The number of ether oxygens (including phenoxy) is 1. The van der Waals surface area contributed by atoms with Gasteiger partial charge in [0.1, 0.15) is 30.4 Å². The Bertz CT molecular complexity index is 1150. The zero-order chi connectivity index (χ0) is 21.1. The van der Waals surface area contributed by atoms with Gasteiger partial charge in [-0.05, 0) is 46.8 Å². The van der Waals surface area contributed by atoms with Crippen LogP contribution in [0.4, 0.5) is 23.2 Å². The first-order valence-electron chi connectivity index (χ1n) is 8.83. The number of tetrazole rings is 1. The van der Waals surface area contributed by atoms with Crippen molar-refractivity contribution < 1.29 is 26.7 Å². The molecule has 0 atom stereocenters. The standard InChI is InChI=1S/C19H15F4N5O2/c20-7-11-3-13(1-2-15(11)29-9-18(22)23)24-8-12-6-16-10(4-14(12)21)5-17(30-16)19-25-27-28-26-19/h1-6,18,24H,7-9H2,(H,25,26,27,28). The minimum absolute atomic E-state index is 0.0426. The van der Waals surface area contributed by atoms with Crippen molar-refractivity contribution in [2.75, 3.05) is 11.9 Å². The van der Waals surface area contributed by atoms with E-state index in [1.807, 2.05) is 0 Å². The Morgan fingerprint density at radius 3 is 2.73 bits per heavy atom. The highest BCUT2D eigenvalue weighted by molar-refractivity contribution is 5.82. The molecule has 0 saturated heterocycles. The summed E-state index contributed by atoms with van der Waals surface area (Å²) in [6.07, 6.45) is -2.66. The topological polar surface area (TPSA) is 88.9 Å². The fourth-order valence-electron chi connectivity index (χ4n) is 2.90. The Balaban J connectivity index is 1.51. The van der Waals surface area contributed by atoms with Gasteiger partial charge in [-0.2, -0.15) is 0 Å². The van der Waals surface area contributed by atoms with Crippen LogP contribution in [0.15, 0.2) is 40.8 Å². The molecule has 0 amide bonds. The molecule has 4 aromatic rings. The van der Waals surface area contributed by atoms with E-state index < -0.39 is 25.5 Å². The normalized spacial score (nSPS) is 11.4. The summed E-state index contributed by atoms with van der Waals surface area (Å²) in [7, 11) is 0. The minimum atomic E-state index is -2.66. The Labute approximate surface area is 167 Å². The number of halogens is 4. The number of furan rings is 1. The number of hydrogen-bond donors (Lipinski definition) is 2. The van der Waals surface area contributed by atoms with E-state index in [0.717, 1.165) is 0 Å². The third-order valence-electron chi connectivity index (χ3n) is 4.32. The molecule has 2 heterocycles. The van der Waals surface area contributed by atoms with Crippen LogP contribution in [0.25, 0.3) is 22.6 Å². The van der Waals surface area contributed by atoms with E-state index in [4.69, 9.17) is 9.15 Å². The number of benzene rings is 2. The first kappa shape index (κ1) is 19.7. The molecule has 0 unspecified atom stereocenters. The van der Waals surface area contributed by atoms with E-state index in [1.54, 1.807) is 12.1 Å². The van der Waals surface area contributed by atoms with Crippen LogP contribution >= 0.6 is 0 Å². The van der Waals surface area contributed by atoms with Gasteiger partial charge in [0.15, 0.2) is 5.76 Å². The number of rotatable bonds is 8. The van der Waals surface area contributed by atoms with Crippen molar-refractivity contribution >= 4 is 16.7 Å². The predicted molar refractivity (Wildman–Crippen MR) is 99.4 cm³/mol. The average molecular weight is 421 g/mol. The Kier molecular flexibility index (Phi) is 5.50. The maximum Gasteiger partial charge on any atom is 0.272 e. The van der Waals surface area contributed by atoms with Crippen molar-refractivity contribution in [3.05, 3.63) is 53.3 Å². The van der Waals surface area contributed by atoms with Gasteiger partial charge >= 0.3 is 0 Å². The molecule has 0 aliphatic rings. The quantitative estimate of drug-likeness (QED) is 0.408. The summed E-state index contributed by atoms with van der Waals surface area (Å²) in [6, 6.07) is 8.85. The smallest absolute Gasteiger partial charge is 0.272 e. The lowest BCUT2D eigenvalue weighted by atomic mass is 10.1. The lowest BCUT2D eigenvalue weighted by molar-refractivity contribution is 0.0811. The van der Waals surface area contributed by atoms with E-state index >= 15 is 0 Å². The molecule has 0 spiro atoms. The lowest BCUT2D eigenvalue weighted by Crippen LogP contribution is -2.08. The summed E-state index contributed by atoms with van der Waals surface area (Å²) in [6.45, 7) is -1.62. The van der Waals surface area contributed by atoms with Gasteiger partial charge in [-0.15, -0.1) is 5.10 Å². The largest absolute Gasteiger partial charge is 0.487 e. The molecular weight excluding hydrogens is 406 g/mol. The fraction of sp³-hybridized carbons (Fsp3) is 0.211. The zero-order valence-electron chi connectivity index (χ0n) is 15.3. The molecular formula is C19H15F4N5O2. The fourth-order valence-corrected chi connectivity index (χ4v) is 2.90. The highest BCUT2D eigenvalue weighted by Gasteiger charge is 2.14. The van der Waals surface area contributed by atoms with Crippen molar-refractivity contribution in [2.45, 2.75) is 19.6 Å². The molecule has 2 aromatic carbocycles. The number of alkyl halides is 3. The third-order valence-corrected chi connectivity index (χ3v) is 4.32. The van der Waals surface area contributed by atoms with Gasteiger partial charge in [-0.1, -0.05) is 0 Å². The summed E-state index contributed by atoms with van der Waals surface area (Å²) in [5.41, 5.74) is 1.37. The number of hydrogen-bond acceptors (Lipinski definition) is 6. The molecule has 0 radical (unpaired) electrons. The van der Waals surface area contributed by atoms with E-state index in [1.165, 1.54) is 24.3 Å². The van der Waals surface area contributed by atoms with Crippen LogP contribution in [0.5, 0.6) is 5.75 Å². The number of aromatic nitrogens is 4. The van der Waals surface area contributed by atoms with E-state index in [-0.39, 0.29) is 17.9 Å². The van der Waals surface area contributed by atoms with Crippen LogP contribution < -0.4 is 10.1 Å². The van der Waals surface area contributed by atoms with Crippen LogP contribution in [0.1, 0.15) is 11.1 Å². The van der Waals surface area contributed by atoms with Gasteiger partial charge in [0, 0.05) is 28.7 Å². The summed E-state index contributed by atoms with van der Waals surface area (Å²) in [5.74, 6) is 0.271. The van der Waals surface area contributed by atoms with Crippen LogP contribution in [0, 0.1) is 5.82 Å². The van der Waals surface area contributed by atoms with Crippen LogP contribution in [0.2, 0.25) is 0 Å². The van der Waals surface area contributed by atoms with Crippen molar-refractivity contribution in [3.63, 3.8) is 0 Å². The van der Waals surface area contributed by atoms with Gasteiger partial charge in [-0.25, -0.2) is 22.7 Å². The van der Waals surface area contributed by atoms with Crippen LogP contribution in [-0.2, 0) is 13.2 Å². The van der Waals surface area contributed by atoms with Crippen LogP contribution in [0.3, 0.4) is 0 Å². The van der Waals surface area contributed by atoms with Crippen molar-refractivity contribution in [1.82, 2.24) is 20.6 Å². The molecule has 7 nitrogen and oxygen atoms in total. The Morgan fingerprint density at radius 1 is 1.13 bits per heavy atom. The van der Waals surface area contributed by atoms with E-state index in [9.17, 15) is 17.6 Å². The first-order valence-corrected chi connectivity index (χ1v) is 8.83. The third kappa shape index (κ3) is 4.19. The second-order valence-electron chi connectivity index (χ2n) is 6.35. The van der Waals surface area contributed by atoms with E-state index in [0.29, 0.717) is 33.8 Å². The predicted octanol–water partition coefficient (Wildman–Crippen LogP) is 4.48. The van der Waals surface area contributed by atoms with Crippen molar-refractivity contribution in [2.24, 2.45) is 0 Å². The summed E-state index contributed by atoms with van der Waals surface area (Å²) in [4.78, 5) is 0. The SMILES string of the molecule is FCc1cc(NCc2cc3oc(-c4nnn[nH]4)cc3cc2F)ccc1OCC(F)F. The summed E-state index contributed by atoms with van der Waals surface area (Å²) >= 11 is 0. The number of H-pyrrole nitrogens is 1. The second-order valence-corrected chi connectivity index (χ2v) is 6.35. The monoisotopic (exact) mass is 421 g/mol. The molecule has 0 saturated carbocycles. The second kappa shape index (κ2) is 8.39. The summed E-state index contributed by atoms with van der Waals surface area (Å²) in [5, 5.41) is 16.8. The van der Waals surface area contributed by atoms with E-state index in [2.05, 4.69) is 25.9 Å². The Morgan fingerprint density at radius 2 is 2.00 bits per heavy atom. The zero-order valence-corrected chi connectivity index (χ0v) is 15.3. The number of aromatic amines is 1. The van der Waals surface area contributed by atoms with Crippen LogP contribution in [-0.4, -0.2) is 33.7 Å². The molecule has 0 fully saturated rings. The van der Waals surface area contributed by atoms with Gasteiger partial charge < -0.3 is 14.5 Å². The maximum absolute atomic E-state index is 14.5. The van der Waals surface area contributed by atoms with Gasteiger partial charge in [0.2, 0.25) is 5.82 Å². The molecule has 11 heteroatoms. The molecule has 156 valence electrons. The summed E-state index contributed by atoms with van der Waals surface area (Å²) < 4.78 is 62.8. The molecule has 4 rings (SSSR count). The van der Waals surface area contributed by atoms with Crippen molar-refractivity contribution in [3.8, 4) is 17.3 Å². The number of nitrogens with one attached hydrogen (secondary N) is 2. The van der Waals surface area contributed by atoms with Crippen molar-refractivity contribution in [1.29, 1.82) is 0 Å². The van der Waals surface area contributed by atoms with Gasteiger partial charge in [0.05, 0.1) is 0 Å². The molecule has 0 aliphatic carbocycles. The highest BCUT2D eigenvalue weighted by Crippen LogP contribution is 2.29. The van der Waals surface area contributed by atoms with Gasteiger partial charge in [-0.3, -0.25) is 0 Å². The minimum Gasteiger partial charge on any atom is -0.487 e. The Hall–Kier alpha value is -3.63. The molecule has 30 heavy (non-hydrogen) atoms. The molecule has 0 bridgehead atoms.